The average Bonchev–Trinajstić information content (AvgIpc) is 2.82. The lowest BCUT2D eigenvalue weighted by molar-refractivity contribution is 0.120. The van der Waals surface area contributed by atoms with Gasteiger partial charge >= 0.3 is 0 Å². The summed E-state index contributed by atoms with van der Waals surface area (Å²) in [6, 6.07) is 9.61. The fourth-order valence-electron chi connectivity index (χ4n) is 3.17. The number of methoxy groups -OCH3 is 1. The van der Waals surface area contributed by atoms with Gasteiger partial charge in [0.2, 0.25) is 0 Å². The zero-order chi connectivity index (χ0) is 18.9. The van der Waals surface area contributed by atoms with Gasteiger partial charge in [-0.25, -0.2) is 19.9 Å². The molecule has 27 heavy (non-hydrogen) atoms. The third kappa shape index (κ3) is 3.67. The van der Waals surface area contributed by atoms with Crippen LogP contribution >= 0.6 is 0 Å². The lowest BCUT2D eigenvalue weighted by Crippen LogP contribution is -2.41. The van der Waals surface area contributed by atoms with Gasteiger partial charge in [0, 0.05) is 36.6 Å². The number of benzene rings is 1. The van der Waals surface area contributed by atoms with E-state index in [4.69, 9.17) is 9.47 Å². The molecule has 0 amide bonds. The summed E-state index contributed by atoms with van der Waals surface area (Å²) in [7, 11) is 1.66. The molecule has 0 saturated carbocycles. The van der Waals surface area contributed by atoms with Crippen LogP contribution in [-0.4, -0.2) is 39.2 Å². The van der Waals surface area contributed by atoms with Crippen LogP contribution in [0.5, 0.6) is 11.5 Å². The molecule has 1 aromatic carbocycles. The molecule has 0 saturated heterocycles. The molecule has 0 bridgehead atoms. The van der Waals surface area contributed by atoms with Gasteiger partial charge in [0.15, 0.2) is 5.82 Å². The molecular weight excluding hydrogens is 342 g/mol. The van der Waals surface area contributed by atoms with E-state index in [1.807, 2.05) is 24.3 Å². The van der Waals surface area contributed by atoms with Crippen LogP contribution in [0.1, 0.15) is 19.4 Å². The third-order valence-electron chi connectivity index (χ3n) is 4.36. The lowest BCUT2D eigenvalue weighted by atomic mass is 10.1. The molecule has 1 aliphatic heterocycles. The number of anilines is 1. The predicted octanol–water partition coefficient (Wildman–Crippen LogP) is 3.12. The predicted molar refractivity (Wildman–Crippen MR) is 102 cm³/mol. The van der Waals surface area contributed by atoms with Gasteiger partial charge in [-0.3, -0.25) is 0 Å². The van der Waals surface area contributed by atoms with E-state index in [1.165, 1.54) is 0 Å². The molecule has 0 N–H and O–H groups in total. The highest BCUT2D eigenvalue weighted by Crippen LogP contribution is 2.34. The van der Waals surface area contributed by atoms with Crippen molar-refractivity contribution in [3.8, 4) is 23.0 Å². The smallest absolute Gasteiger partial charge is 0.178 e. The van der Waals surface area contributed by atoms with Crippen molar-refractivity contribution in [2.75, 3.05) is 18.6 Å². The molecule has 138 valence electrons. The Kier molecular flexibility index (Phi) is 4.35. The molecule has 0 aliphatic carbocycles. The van der Waals surface area contributed by atoms with Gasteiger partial charge in [0.05, 0.1) is 13.7 Å². The molecule has 7 heteroatoms. The third-order valence-corrected chi connectivity index (χ3v) is 4.36. The molecule has 4 rings (SSSR count). The molecule has 0 spiro atoms. The van der Waals surface area contributed by atoms with Gasteiger partial charge in [-0.15, -0.1) is 0 Å². The summed E-state index contributed by atoms with van der Waals surface area (Å²) >= 11 is 0. The van der Waals surface area contributed by atoms with Gasteiger partial charge in [-0.1, -0.05) is 0 Å². The summed E-state index contributed by atoms with van der Waals surface area (Å²) < 4.78 is 11.6. The fourth-order valence-corrected chi connectivity index (χ4v) is 3.17. The fraction of sp³-hybridized carbons (Fsp3) is 0.300. The first-order chi connectivity index (χ1) is 13.0. The highest BCUT2D eigenvalue weighted by Gasteiger charge is 2.30. The van der Waals surface area contributed by atoms with E-state index in [0.29, 0.717) is 24.6 Å². The normalized spacial score (nSPS) is 15.4. The molecule has 0 radical (unpaired) electrons. The van der Waals surface area contributed by atoms with Crippen molar-refractivity contribution in [1.29, 1.82) is 0 Å². The van der Waals surface area contributed by atoms with E-state index in [1.54, 1.807) is 31.9 Å². The Balaban J connectivity index is 1.71. The van der Waals surface area contributed by atoms with Crippen LogP contribution in [0.2, 0.25) is 0 Å². The van der Waals surface area contributed by atoms with E-state index in [9.17, 15) is 0 Å². The van der Waals surface area contributed by atoms with Crippen molar-refractivity contribution < 1.29 is 9.47 Å². The lowest BCUT2D eigenvalue weighted by Gasteiger charge is -2.30. The second kappa shape index (κ2) is 6.83. The Morgan fingerprint density at radius 3 is 2.67 bits per heavy atom. The highest BCUT2D eigenvalue weighted by atomic mass is 16.5. The maximum absolute atomic E-state index is 6.26. The number of aromatic nitrogens is 4. The standard InChI is InChI=1S/C20H21N5O2/c1-20(2)12-25(11-14-5-6-15(26-3)9-17(14)27-20)18-10-16(23-13-24-18)19-21-7-4-8-22-19/h4-10,13H,11-12H2,1-3H3. The van der Waals surface area contributed by atoms with Crippen molar-refractivity contribution in [3.05, 3.63) is 54.6 Å². The summed E-state index contributed by atoms with van der Waals surface area (Å²) in [6.45, 7) is 5.49. The van der Waals surface area contributed by atoms with Crippen molar-refractivity contribution in [2.24, 2.45) is 0 Å². The zero-order valence-electron chi connectivity index (χ0n) is 15.6. The van der Waals surface area contributed by atoms with Gasteiger partial charge in [-0.2, -0.15) is 0 Å². The number of nitrogens with zero attached hydrogens (tertiary/aromatic N) is 5. The Labute approximate surface area is 158 Å². The largest absolute Gasteiger partial charge is 0.497 e. The second-order valence-corrected chi connectivity index (χ2v) is 7.03. The number of rotatable bonds is 3. The first-order valence-corrected chi connectivity index (χ1v) is 8.74. The molecule has 0 unspecified atom stereocenters. The van der Waals surface area contributed by atoms with Gasteiger partial charge in [0.25, 0.3) is 0 Å². The van der Waals surface area contributed by atoms with E-state index in [2.05, 4.69) is 38.7 Å². The minimum absolute atomic E-state index is 0.397. The minimum atomic E-state index is -0.397. The Bertz CT molecular complexity index is 946. The number of hydrogen-bond acceptors (Lipinski definition) is 7. The van der Waals surface area contributed by atoms with E-state index < -0.39 is 5.60 Å². The molecule has 7 nitrogen and oxygen atoms in total. The first-order valence-electron chi connectivity index (χ1n) is 8.74. The quantitative estimate of drug-likeness (QED) is 0.708. The zero-order valence-corrected chi connectivity index (χ0v) is 15.6. The van der Waals surface area contributed by atoms with Gasteiger partial charge in [-0.05, 0) is 32.0 Å². The van der Waals surface area contributed by atoms with Crippen molar-refractivity contribution in [2.45, 2.75) is 26.0 Å². The Hall–Kier alpha value is -3.22. The molecule has 2 aromatic heterocycles. The van der Waals surface area contributed by atoms with E-state index in [-0.39, 0.29) is 0 Å². The maximum atomic E-state index is 6.26. The Morgan fingerprint density at radius 2 is 1.89 bits per heavy atom. The second-order valence-electron chi connectivity index (χ2n) is 7.03. The van der Waals surface area contributed by atoms with Crippen molar-refractivity contribution >= 4 is 5.82 Å². The molecule has 1 aliphatic rings. The summed E-state index contributed by atoms with van der Waals surface area (Å²) in [6.07, 6.45) is 4.96. The Morgan fingerprint density at radius 1 is 1.07 bits per heavy atom. The van der Waals surface area contributed by atoms with E-state index >= 15 is 0 Å². The summed E-state index contributed by atoms with van der Waals surface area (Å²) in [4.78, 5) is 19.5. The molecule has 0 fully saturated rings. The number of hydrogen-bond donors (Lipinski definition) is 0. The van der Waals surface area contributed by atoms with Crippen LogP contribution in [-0.2, 0) is 6.54 Å². The maximum Gasteiger partial charge on any atom is 0.178 e. The average molecular weight is 363 g/mol. The molecular formula is C20H21N5O2. The molecule has 3 aromatic rings. The molecule has 0 atom stereocenters. The molecule has 3 heterocycles. The SMILES string of the molecule is COc1ccc2c(c1)OC(C)(C)CN(c1cc(-c3ncccn3)ncn1)C2. The van der Waals surface area contributed by atoms with Gasteiger partial charge < -0.3 is 14.4 Å². The van der Waals surface area contributed by atoms with E-state index in [0.717, 1.165) is 22.9 Å². The van der Waals surface area contributed by atoms with Crippen LogP contribution in [0.25, 0.3) is 11.5 Å². The summed E-state index contributed by atoms with van der Waals surface area (Å²) in [5.41, 5.74) is 1.38. The number of fused-ring (bicyclic) bond motifs is 1. The summed E-state index contributed by atoms with van der Waals surface area (Å²) in [5, 5.41) is 0. The number of ether oxygens (including phenoxy) is 2. The van der Waals surface area contributed by atoms with Crippen LogP contribution in [0.3, 0.4) is 0 Å². The van der Waals surface area contributed by atoms with Crippen LogP contribution in [0.4, 0.5) is 5.82 Å². The highest BCUT2D eigenvalue weighted by molar-refractivity contribution is 5.56. The minimum Gasteiger partial charge on any atom is -0.497 e. The van der Waals surface area contributed by atoms with Gasteiger partial charge in [0.1, 0.15) is 34.9 Å². The monoisotopic (exact) mass is 363 g/mol. The summed E-state index contributed by atoms with van der Waals surface area (Å²) in [5.74, 6) is 3.01. The topological polar surface area (TPSA) is 73.3 Å². The van der Waals surface area contributed by atoms with Crippen LogP contribution in [0.15, 0.2) is 49.1 Å². The van der Waals surface area contributed by atoms with Crippen molar-refractivity contribution in [1.82, 2.24) is 19.9 Å². The van der Waals surface area contributed by atoms with Crippen LogP contribution < -0.4 is 14.4 Å². The first kappa shape index (κ1) is 17.2. The van der Waals surface area contributed by atoms with Crippen molar-refractivity contribution in [3.63, 3.8) is 0 Å². The van der Waals surface area contributed by atoms with Crippen LogP contribution in [0, 0.1) is 0 Å².